The van der Waals surface area contributed by atoms with Gasteiger partial charge in [-0.25, -0.2) is 5.84 Å². The first kappa shape index (κ1) is 20.5. The van der Waals surface area contributed by atoms with E-state index in [-0.39, 0.29) is 36.2 Å². The Kier molecular flexibility index (Phi) is 6.13. The average Bonchev–Trinajstić information content (AvgIpc) is 2.68. The quantitative estimate of drug-likeness (QED) is 0.406. The lowest BCUT2D eigenvalue weighted by molar-refractivity contribution is -0.153. The fourth-order valence-corrected chi connectivity index (χ4v) is 4.87. The zero-order valence-corrected chi connectivity index (χ0v) is 16.8. The summed E-state index contributed by atoms with van der Waals surface area (Å²) in [6.45, 7) is 4.36. The van der Waals surface area contributed by atoms with E-state index >= 15 is 0 Å². The summed E-state index contributed by atoms with van der Waals surface area (Å²) in [7, 11) is 0. The van der Waals surface area contributed by atoms with E-state index in [1.807, 2.05) is 36.9 Å². The second-order valence-electron chi connectivity index (χ2n) is 8.30. The lowest BCUT2D eigenvalue weighted by Crippen LogP contribution is -2.55. The SMILES string of the molecule is Cc1cccc(N(N)C(C)CC(=O)N2CCC(C(=O)O)C3CCCCC32)c1N. The van der Waals surface area contributed by atoms with Gasteiger partial charge in [0.15, 0.2) is 0 Å². The van der Waals surface area contributed by atoms with Gasteiger partial charge >= 0.3 is 5.97 Å². The molecule has 1 saturated heterocycles. The number of aryl methyl sites for hydroxylation is 1. The van der Waals surface area contributed by atoms with E-state index in [0.29, 0.717) is 18.7 Å². The Balaban J connectivity index is 1.69. The topological polar surface area (TPSA) is 113 Å². The number of rotatable bonds is 5. The molecular formula is C21H32N4O3. The summed E-state index contributed by atoms with van der Waals surface area (Å²) in [5, 5.41) is 11.1. The molecule has 7 heteroatoms. The number of anilines is 2. The Hall–Kier alpha value is -2.28. The number of fused-ring (bicyclic) bond motifs is 1. The van der Waals surface area contributed by atoms with Crippen molar-refractivity contribution in [2.24, 2.45) is 17.7 Å². The summed E-state index contributed by atoms with van der Waals surface area (Å²) in [6, 6.07) is 5.52. The average molecular weight is 389 g/mol. The molecule has 0 radical (unpaired) electrons. The molecule has 1 aromatic carbocycles. The Morgan fingerprint density at radius 3 is 2.71 bits per heavy atom. The monoisotopic (exact) mass is 388 g/mol. The van der Waals surface area contributed by atoms with E-state index in [9.17, 15) is 14.7 Å². The van der Waals surface area contributed by atoms with E-state index in [1.165, 1.54) is 0 Å². The van der Waals surface area contributed by atoms with Gasteiger partial charge in [-0.1, -0.05) is 25.0 Å². The summed E-state index contributed by atoms with van der Waals surface area (Å²) >= 11 is 0. The number of hydrogen-bond donors (Lipinski definition) is 3. The first-order chi connectivity index (χ1) is 13.3. The van der Waals surface area contributed by atoms with E-state index in [2.05, 4.69) is 0 Å². The zero-order chi connectivity index (χ0) is 20.4. The maximum absolute atomic E-state index is 13.1. The van der Waals surface area contributed by atoms with Crippen LogP contribution in [0.1, 0.15) is 51.0 Å². The van der Waals surface area contributed by atoms with Gasteiger partial charge < -0.3 is 20.7 Å². The van der Waals surface area contributed by atoms with Crippen LogP contribution >= 0.6 is 0 Å². The van der Waals surface area contributed by atoms with Crippen molar-refractivity contribution in [2.75, 3.05) is 17.3 Å². The van der Waals surface area contributed by atoms with Crippen molar-refractivity contribution in [3.63, 3.8) is 0 Å². The molecular weight excluding hydrogens is 356 g/mol. The van der Waals surface area contributed by atoms with Crippen LogP contribution in [-0.2, 0) is 9.59 Å². The number of carbonyl (C=O) groups excluding carboxylic acids is 1. The van der Waals surface area contributed by atoms with Crippen LogP contribution in [0.15, 0.2) is 18.2 Å². The van der Waals surface area contributed by atoms with Crippen molar-refractivity contribution in [1.29, 1.82) is 0 Å². The van der Waals surface area contributed by atoms with Crippen LogP contribution in [0, 0.1) is 18.8 Å². The maximum Gasteiger partial charge on any atom is 0.306 e. The highest BCUT2D eigenvalue weighted by Crippen LogP contribution is 2.39. The standard InChI is InChI=1S/C21H32N4O3/c1-13-6-5-9-18(20(13)22)25(23)14(2)12-19(26)24-11-10-16(21(27)28)15-7-3-4-8-17(15)24/h5-6,9,14-17H,3-4,7-8,10-12,22-23H2,1-2H3,(H,27,28). The minimum Gasteiger partial charge on any atom is -0.481 e. The number of para-hydroxylation sites is 1. The molecule has 0 aromatic heterocycles. The fraction of sp³-hybridized carbons (Fsp3) is 0.619. The summed E-state index contributed by atoms with van der Waals surface area (Å²) in [5.74, 6) is 5.35. The molecule has 2 aliphatic rings. The number of amides is 1. The van der Waals surface area contributed by atoms with Crippen molar-refractivity contribution in [1.82, 2.24) is 4.90 Å². The first-order valence-corrected chi connectivity index (χ1v) is 10.2. The number of carbonyl (C=O) groups is 2. The van der Waals surface area contributed by atoms with Crippen molar-refractivity contribution < 1.29 is 14.7 Å². The lowest BCUT2D eigenvalue weighted by atomic mass is 9.71. The van der Waals surface area contributed by atoms with Crippen LogP contribution < -0.4 is 16.6 Å². The molecule has 0 bridgehead atoms. The number of nitrogen functional groups attached to an aromatic ring is 1. The second kappa shape index (κ2) is 8.39. The molecule has 1 saturated carbocycles. The van der Waals surface area contributed by atoms with Gasteiger partial charge in [-0.15, -0.1) is 0 Å². The Morgan fingerprint density at radius 1 is 1.29 bits per heavy atom. The van der Waals surface area contributed by atoms with E-state index < -0.39 is 5.97 Å². The van der Waals surface area contributed by atoms with Gasteiger partial charge in [-0.05, 0) is 50.7 Å². The smallest absolute Gasteiger partial charge is 0.306 e. The van der Waals surface area contributed by atoms with Crippen LogP contribution in [0.4, 0.5) is 11.4 Å². The Morgan fingerprint density at radius 2 is 2.00 bits per heavy atom. The molecule has 7 nitrogen and oxygen atoms in total. The molecule has 1 aromatic rings. The maximum atomic E-state index is 13.1. The van der Waals surface area contributed by atoms with Gasteiger partial charge in [-0.2, -0.15) is 0 Å². The van der Waals surface area contributed by atoms with E-state index in [0.717, 1.165) is 36.9 Å². The summed E-state index contributed by atoms with van der Waals surface area (Å²) in [4.78, 5) is 26.6. The molecule has 3 rings (SSSR count). The third kappa shape index (κ3) is 3.94. The number of nitrogens with two attached hydrogens (primary N) is 2. The first-order valence-electron chi connectivity index (χ1n) is 10.2. The largest absolute Gasteiger partial charge is 0.481 e. The highest BCUT2D eigenvalue weighted by molar-refractivity contribution is 5.79. The Labute approximate surface area is 166 Å². The van der Waals surface area contributed by atoms with Crippen molar-refractivity contribution in [3.05, 3.63) is 23.8 Å². The summed E-state index contributed by atoms with van der Waals surface area (Å²) in [6.07, 6.45) is 4.70. The normalized spacial score (nSPS) is 25.7. The highest BCUT2D eigenvalue weighted by atomic mass is 16.4. The van der Waals surface area contributed by atoms with E-state index in [1.54, 1.807) is 5.01 Å². The number of aliphatic carboxylic acids is 1. The van der Waals surface area contributed by atoms with Crippen LogP contribution in [0.5, 0.6) is 0 Å². The fourth-order valence-electron chi connectivity index (χ4n) is 4.87. The van der Waals surface area contributed by atoms with Gasteiger partial charge in [0.2, 0.25) is 5.91 Å². The number of benzene rings is 1. The molecule has 1 aliphatic heterocycles. The second-order valence-corrected chi connectivity index (χ2v) is 8.30. The number of carboxylic acid groups (broad SMARTS) is 1. The molecule has 1 aliphatic carbocycles. The zero-order valence-electron chi connectivity index (χ0n) is 16.8. The molecule has 28 heavy (non-hydrogen) atoms. The lowest BCUT2D eigenvalue weighted by Gasteiger charge is -2.47. The van der Waals surface area contributed by atoms with Crippen LogP contribution in [-0.4, -0.2) is 40.5 Å². The molecule has 4 atom stereocenters. The predicted molar refractivity (Wildman–Crippen MR) is 110 cm³/mol. The van der Waals surface area contributed by atoms with E-state index in [4.69, 9.17) is 11.6 Å². The van der Waals surface area contributed by atoms with Crippen molar-refractivity contribution >= 4 is 23.3 Å². The molecule has 0 spiro atoms. The summed E-state index contributed by atoms with van der Waals surface area (Å²) in [5.41, 5.74) is 8.45. The van der Waals surface area contributed by atoms with Crippen molar-refractivity contribution in [3.8, 4) is 0 Å². The van der Waals surface area contributed by atoms with Gasteiger partial charge in [0, 0.05) is 19.0 Å². The predicted octanol–water partition coefficient (Wildman–Crippen LogP) is 2.53. The number of piperidine rings is 1. The molecule has 154 valence electrons. The minimum absolute atomic E-state index is 0.0403. The number of likely N-dealkylation sites (tertiary alicyclic amines) is 1. The summed E-state index contributed by atoms with van der Waals surface area (Å²) < 4.78 is 0. The number of hydrazine groups is 1. The third-order valence-electron chi connectivity index (χ3n) is 6.54. The van der Waals surface area contributed by atoms with Gasteiger partial charge in [0.05, 0.1) is 23.3 Å². The molecule has 2 fully saturated rings. The number of hydrogen-bond acceptors (Lipinski definition) is 5. The number of carboxylic acids is 1. The molecule has 1 amide bonds. The molecule has 1 heterocycles. The van der Waals surface area contributed by atoms with Gasteiger partial charge in [-0.3, -0.25) is 9.59 Å². The van der Waals surface area contributed by atoms with Crippen LogP contribution in [0.2, 0.25) is 0 Å². The molecule has 5 N–H and O–H groups in total. The highest BCUT2D eigenvalue weighted by Gasteiger charge is 2.44. The van der Waals surface area contributed by atoms with Crippen LogP contribution in [0.25, 0.3) is 0 Å². The molecule has 4 unspecified atom stereocenters. The van der Waals surface area contributed by atoms with Crippen molar-refractivity contribution in [2.45, 2.75) is 64.5 Å². The Bertz CT molecular complexity index is 738. The third-order valence-corrected chi connectivity index (χ3v) is 6.54. The van der Waals surface area contributed by atoms with Gasteiger partial charge in [0.25, 0.3) is 0 Å². The minimum atomic E-state index is -0.722. The van der Waals surface area contributed by atoms with Crippen LogP contribution in [0.3, 0.4) is 0 Å². The number of nitrogens with zero attached hydrogens (tertiary/aromatic N) is 2. The van der Waals surface area contributed by atoms with Gasteiger partial charge in [0.1, 0.15) is 0 Å².